The second-order valence-electron chi connectivity index (χ2n) is 3.58. The van der Waals surface area contributed by atoms with Gasteiger partial charge in [-0.05, 0) is 37.4 Å². The van der Waals surface area contributed by atoms with Gasteiger partial charge in [-0.25, -0.2) is 13.1 Å². The van der Waals surface area contributed by atoms with Gasteiger partial charge in [0, 0.05) is 6.04 Å². The van der Waals surface area contributed by atoms with Crippen molar-refractivity contribution in [3.63, 3.8) is 0 Å². The molecule has 0 unspecified atom stereocenters. The maximum absolute atomic E-state index is 11.8. The molecule has 0 atom stereocenters. The molecule has 2 N–H and O–H groups in total. The summed E-state index contributed by atoms with van der Waals surface area (Å²) in [6.07, 6.45) is 1.73. The fraction of sp³-hybridized carbons (Fsp3) is 0.556. The van der Waals surface area contributed by atoms with Crippen LogP contribution in [0.1, 0.15) is 12.8 Å². The summed E-state index contributed by atoms with van der Waals surface area (Å²) in [7, 11) is -3.28. The quantitative estimate of drug-likeness (QED) is 0.876. The van der Waals surface area contributed by atoms with Crippen molar-refractivity contribution in [3.05, 3.63) is 17.5 Å². The third kappa shape index (κ3) is 3.43. The molecule has 16 heavy (non-hydrogen) atoms. The first-order chi connectivity index (χ1) is 7.18. The molecule has 1 aromatic heterocycles. The van der Waals surface area contributed by atoms with E-state index in [1.54, 1.807) is 17.5 Å². The van der Waals surface area contributed by atoms with Gasteiger partial charge in [-0.15, -0.1) is 23.7 Å². The summed E-state index contributed by atoms with van der Waals surface area (Å²) in [5.74, 6) is 0. The van der Waals surface area contributed by atoms with E-state index >= 15 is 0 Å². The highest BCUT2D eigenvalue weighted by atomic mass is 35.5. The first-order valence-corrected chi connectivity index (χ1v) is 7.31. The second-order valence-corrected chi connectivity index (χ2v) is 6.47. The number of halogens is 1. The van der Waals surface area contributed by atoms with Crippen LogP contribution in [-0.4, -0.2) is 27.5 Å². The maximum atomic E-state index is 11.8. The molecule has 92 valence electrons. The zero-order chi connectivity index (χ0) is 10.7. The molecule has 0 spiro atoms. The fourth-order valence-electron chi connectivity index (χ4n) is 1.63. The number of nitrogens with one attached hydrogen (secondary N) is 2. The van der Waals surface area contributed by atoms with E-state index in [0.29, 0.717) is 4.21 Å². The third-order valence-electron chi connectivity index (χ3n) is 2.42. The van der Waals surface area contributed by atoms with E-state index in [9.17, 15) is 8.42 Å². The van der Waals surface area contributed by atoms with E-state index in [2.05, 4.69) is 10.0 Å². The molecule has 7 heteroatoms. The van der Waals surface area contributed by atoms with Crippen molar-refractivity contribution in [1.82, 2.24) is 10.0 Å². The molecule has 1 aromatic rings. The van der Waals surface area contributed by atoms with Crippen molar-refractivity contribution in [2.75, 3.05) is 13.1 Å². The lowest BCUT2D eigenvalue weighted by molar-refractivity contribution is 0.427. The number of hydrogen-bond donors (Lipinski definition) is 2. The largest absolute Gasteiger partial charge is 0.317 e. The van der Waals surface area contributed by atoms with E-state index in [4.69, 9.17) is 0 Å². The van der Waals surface area contributed by atoms with Crippen molar-refractivity contribution in [2.24, 2.45) is 0 Å². The van der Waals surface area contributed by atoms with Gasteiger partial charge in [-0.1, -0.05) is 6.07 Å². The summed E-state index contributed by atoms with van der Waals surface area (Å²) in [4.78, 5) is 0. The van der Waals surface area contributed by atoms with Gasteiger partial charge in [0.15, 0.2) is 0 Å². The molecule has 0 aromatic carbocycles. The van der Waals surface area contributed by atoms with E-state index in [-0.39, 0.29) is 18.4 Å². The first-order valence-electron chi connectivity index (χ1n) is 4.95. The Labute approximate surface area is 106 Å². The fourth-order valence-corrected chi connectivity index (χ4v) is 3.95. The van der Waals surface area contributed by atoms with Gasteiger partial charge in [0.1, 0.15) is 4.21 Å². The van der Waals surface area contributed by atoms with E-state index in [1.807, 2.05) is 0 Å². The van der Waals surface area contributed by atoms with Gasteiger partial charge in [0.2, 0.25) is 10.0 Å². The molecule has 0 saturated carbocycles. The minimum absolute atomic E-state index is 0. The zero-order valence-corrected chi connectivity index (χ0v) is 11.1. The van der Waals surface area contributed by atoms with Crippen LogP contribution in [-0.2, 0) is 10.0 Å². The molecule has 2 heterocycles. The minimum atomic E-state index is -3.28. The number of hydrogen-bond acceptors (Lipinski definition) is 4. The molecule has 1 saturated heterocycles. The van der Waals surface area contributed by atoms with Crippen LogP contribution in [0.25, 0.3) is 0 Å². The Bertz CT molecular complexity index is 399. The van der Waals surface area contributed by atoms with Gasteiger partial charge in [0.25, 0.3) is 0 Å². The summed E-state index contributed by atoms with van der Waals surface area (Å²) in [5, 5.41) is 4.98. The molecule has 0 bridgehead atoms. The molecular formula is C9H15ClN2O2S2. The summed E-state index contributed by atoms with van der Waals surface area (Å²) < 4.78 is 26.8. The Morgan fingerprint density at radius 2 is 2.06 bits per heavy atom. The number of thiophene rings is 1. The van der Waals surface area contributed by atoms with Crippen molar-refractivity contribution < 1.29 is 8.42 Å². The zero-order valence-electron chi connectivity index (χ0n) is 8.68. The lowest BCUT2D eigenvalue weighted by Crippen LogP contribution is -2.42. The van der Waals surface area contributed by atoms with Gasteiger partial charge in [-0.3, -0.25) is 0 Å². The Kier molecular flexibility index (Phi) is 5.20. The van der Waals surface area contributed by atoms with Gasteiger partial charge < -0.3 is 5.32 Å². The maximum Gasteiger partial charge on any atom is 0.250 e. The molecule has 1 aliphatic heterocycles. The minimum Gasteiger partial charge on any atom is -0.317 e. The Morgan fingerprint density at radius 3 is 2.62 bits per heavy atom. The monoisotopic (exact) mass is 282 g/mol. The first kappa shape index (κ1) is 13.9. The lowest BCUT2D eigenvalue weighted by Gasteiger charge is -2.23. The molecule has 0 radical (unpaired) electrons. The van der Waals surface area contributed by atoms with Crippen LogP contribution >= 0.6 is 23.7 Å². The van der Waals surface area contributed by atoms with Crippen molar-refractivity contribution in [2.45, 2.75) is 23.1 Å². The van der Waals surface area contributed by atoms with Crippen LogP contribution in [0.5, 0.6) is 0 Å². The summed E-state index contributed by atoms with van der Waals surface area (Å²) >= 11 is 1.25. The number of rotatable bonds is 3. The van der Waals surface area contributed by atoms with Crippen LogP contribution < -0.4 is 10.0 Å². The highest BCUT2D eigenvalue weighted by Crippen LogP contribution is 2.17. The van der Waals surface area contributed by atoms with Crippen LogP contribution in [0.15, 0.2) is 21.7 Å². The van der Waals surface area contributed by atoms with Crippen molar-refractivity contribution >= 4 is 33.8 Å². The van der Waals surface area contributed by atoms with Gasteiger partial charge in [0.05, 0.1) is 0 Å². The molecule has 1 aliphatic rings. The van der Waals surface area contributed by atoms with Crippen LogP contribution in [0, 0.1) is 0 Å². The van der Waals surface area contributed by atoms with E-state index < -0.39 is 10.0 Å². The molecule has 0 amide bonds. The summed E-state index contributed by atoms with van der Waals surface area (Å²) in [6, 6.07) is 3.47. The number of piperidine rings is 1. The van der Waals surface area contributed by atoms with E-state index in [1.165, 1.54) is 11.3 Å². The highest BCUT2D eigenvalue weighted by molar-refractivity contribution is 7.91. The summed E-state index contributed by atoms with van der Waals surface area (Å²) in [6.45, 7) is 1.77. The Balaban J connectivity index is 0.00000128. The average Bonchev–Trinajstić information content (AvgIpc) is 2.71. The highest BCUT2D eigenvalue weighted by Gasteiger charge is 2.21. The van der Waals surface area contributed by atoms with Crippen molar-refractivity contribution in [3.8, 4) is 0 Å². The van der Waals surface area contributed by atoms with Crippen LogP contribution in [0.3, 0.4) is 0 Å². The average molecular weight is 283 g/mol. The van der Waals surface area contributed by atoms with Gasteiger partial charge in [-0.2, -0.15) is 0 Å². The van der Waals surface area contributed by atoms with Crippen molar-refractivity contribution in [1.29, 1.82) is 0 Å². The smallest absolute Gasteiger partial charge is 0.250 e. The molecule has 0 aliphatic carbocycles. The SMILES string of the molecule is Cl.O=S(=O)(NC1CCNCC1)c1cccs1. The topological polar surface area (TPSA) is 58.2 Å². The Morgan fingerprint density at radius 1 is 1.38 bits per heavy atom. The normalized spacial score (nSPS) is 18.0. The predicted molar refractivity (Wildman–Crippen MR) is 67.8 cm³/mol. The van der Waals surface area contributed by atoms with Crippen LogP contribution in [0.4, 0.5) is 0 Å². The molecule has 4 nitrogen and oxygen atoms in total. The second kappa shape index (κ2) is 5.97. The third-order valence-corrected chi connectivity index (χ3v) is 5.34. The molecule has 1 fully saturated rings. The lowest BCUT2D eigenvalue weighted by atomic mass is 10.1. The predicted octanol–water partition coefficient (Wildman–Crippen LogP) is 1.20. The molecule has 2 rings (SSSR count). The van der Waals surface area contributed by atoms with Gasteiger partial charge >= 0.3 is 0 Å². The summed E-state index contributed by atoms with van der Waals surface area (Å²) in [5.41, 5.74) is 0. The Hall–Kier alpha value is -0.140. The van der Waals surface area contributed by atoms with E-state index in [0.717, 1.165) is 25.9 Å². The number of sulfonamides is 1. The standard InChI is InChI=1S/C9H14N2O2S2.ClH/c12-15(13,9-2-1-7-14-9)11-8-3-5-10-6-4-8;/h1-2,7-8,10-11H,3-6H2;1H. The van der Waals surface area contributed by atoms with Crippen LogP contribution in [0.2, 0.25) is 0 Å². The molecular weight excluding hydrogens is 268 g/mol.